The van der Waals surface area contributed by atoms with Crippen molar-refractivity contribution in [1.82, 2.24) is 4.98 Å². The molecule has 0 bridgehead atoms. The van der Waals surface area contributed by atoms with E-state index in [2.05, 4.69) is 43.1 Å². The molecule has 110 valence electrons. The molecular weight excluding hydrogens is 258 g/mol. The molecule has 2 aromatic rings. The van der Waals surface area contributed by atoms with E-state index in [1.54, 1.807) is 0 Å². The minimum absolute atomic E-state index is 0.551. The Hall–Kier alpha value is -1.83. The van der Waals surface area contributed by atoms with Gasteiger partial charge in [-0.25, -0.2) is 4.98 Å². The first kappa shape index (κ1) is 14.1. The molecule has 1 heterocycles. The fraction of sp³-hybridized carbons (Fsp3) is 0.421. The van der Waals surface area contributed by atoms with E-state index < -0.39 is 0 Å². The highest BCUT2D eigenvalue weighted by Gasteiger charge is 2.10. The lowest BCUT2D eigenvalue weighted by molar-refractivity contribution is 0.460. The summed E-state index contributed by atoms with van der Waals surface area (Å²) in [6.07, 6.45) is 8.04. The van der Waals surface area contributed by atoms with E-state index in [1.165, 1.54) is 42.4 Å². The number of rotatable bonds is 4. The van der Waals surface area contributed by atoms with Crippen LogP contribution in [0.5, 0.6) is 11.6 Å². The lowest BCUT2D eigenvalue weighted by atomic mass is 9.92. The van der Waals surface area contributed by atoms with Crippen LogP contribution in [0.25, 0.3) is 0 Å². The second-order valence-corrected chi connectivity index (χ2v) is 5.98. The van der Waals surface area contributed by atoms with Crippen molar-refractivity contribution < 1.29 is 4.74 Å². The second-order valence-electron chi connectivity index (χ2n) is 5.98. The Labute approximate surface area is 127 Å². The van der Waals surface area contributed by atoms with E-state index in [9.17, 15) is 0 Å². The summed E-state index contributed by atoms with van der Waals surface area (Å²) in [5.74, 6) is 2.13. The van der Waals surface area contributed by atoms with Gasteiger partial charge < -0.3 is 4.74 Å². The first-order chi connectivity index (χ1) is 10.3. The number of pyridine rings is 1. The van der Waals surface area contributed by atoms with Crippen LogP contribution in [0.1, 0.15) is 55.7 Å². The molecule has 0 N–H and O–H groups in total. The van der Waals surface area contributed by atoms with Crippen molar-refractivity contribution in [3.05, 3.63) is 53.2 Å². The number of hydrogen-bond acceptors (Lipinski definition) is 2. The van der Waals surface area contributed by atoms with Gasteiger partial charge in [0.2, 0.25) is 5.88 Å². The van der Waals surface area contributed by atoms with E-state index in [4.69, 9.17) is 4.74 Å². The molecule has 0 spiro atoms. The molecule has 0 radical (unpaired) electrons. The van der Waals surface area contributed by atoms with Crippen molar-refractivity contribution in [2.24, 2.45) is 0 Å². The predicted octanol–water partition coefficient (Wildman–Crippen LogP) is 5.27. The van der Waals surface area contributed by atoms with Crippen LogP contribution in [-0.4, -0.2) is 4.98 Å². The Bertz CT molecular complexity index is 603. The number of aromatic nitrogens is 1. The zero-order chi connectivity index (χ0) is 14.7. The topological polar surface area (TPSA) is 22.1 Å². The highest BCUT2D eigenvalue weighted by Crippen LogP contribution is 2.28. The largest absolute Gasteiger partial charge is 0.439 e. The van der Waals surface area contributed by atoms with Gasteiger partial charge in [0.05, 0.1) is 0 Å². The monoisotopic (exact) mass is 281 g/mol. The molecule has 1 aromatic heterocycles. The number of nitrogens with zero attached hydrogens (tertiary/aromatic N) is 1. The smallest absolute Gasteiger partial charge is 0.219 e. The Morgan fingerprint density at radius 3 is 2.62 bits per heavy atom. The van der Waals surface area contributed by atoms with E-state index in [-0.39, 0.29) is 0 Å². The first-order valence-corrected chi connectivity index (χ1v) is 8.02. The molecular formula is C19H23NO. The molecule has 1 aromatic carbocycles. The van der Waals surface area contributed by atoms with Gasteiger partial charge >= 0.3 is 0 Å². The average Bonchev–Trinajstić information content (AvgIpc) is 2.55. The molecule has 2 nitrogen and oxygen atoms in total. The van der Waals surface area contributed by atoms with Gasteiger partial charge in [0.15, 0.2) is 0 Å². The van der Waals surface area contributed by atoms with Crippen molar-refractivity contribution >= 4 is 0 Å². The average molecular weight is 281 g/mol. The van der Waals surface area contributed by atoms with Crippen molar-refractivity contribution in [2.75, 3.05) is 0 Å². The van der Waals surface area contributed by atoms with Gasteiger partial charge in [-0.15, -0.1) is 0 Å². The van der Waals surface area contributed by atoms with Crippen LogP contribution in [0, 0.1) is 0 Å². The molecule has 3 rings (SSSR count). The molecule has 2 heteroatoms. The highest BCUT2D eigenvalue weighted by atomic mass is 16.5. The van der Waals surface area contributed by atoms with Gasteiger partial charge in [-0.1, -0.05) is 26.0 Å². The Morgan fingerprint density at radius 2 is 1.90 bits per heavy atom. The molecule has 0 fully saturated rings. The maximum Gasteiger partial charge on any atom is 0.219 e. The minimum atomic E-state index is 0.551. The van der Waals surface area contributed by atoms with Crippen molar-refractivity contribution in [3.63, 3.8) is 0 Å². The van der Waals surface area contributed by atoms with Crippen LogP contribution >= 0.6 is 0 Å². The van der Waals surface area contributed by atoms with Gasteiger partial charge in [0, 0.05) is 12.3 Å². The highest BCUT2D eigenvalue weighted by molar-refractivity contribution is 5.38. The fourth-order valence-electron chi connectivity index (χ4n) is 2.87. The van der Waals surface area contributed by atoms with Crippen LogP contribution in [0.15, 0.2) is 36.5 Å². The Balaban J connectivity index is 1.74. The number of fused-ring (bicyclic) bond motifs is 1. The summed E-state index contributed by atoms with van der Waals surface area (Å²) < 4.78 is 5.90. The van der Waals surface area contributed by atoms with E-state index in [1.807, 2.05) is 12.3 Å². The summed E-state index contributed by atoms with van der Waals surface area (Å²) in [5.41, 5.74) is 4.19. The van der Waals surface area contributed by atoms with Gasteiger partial charge in [-0.05, 0) is 66.8 Å². The van der Waals surface area contributed by atoms with Crippen molar-refractivity contribution in [1.29, 1.82) is 0 Å². The molecule has 1 aliphatic rings. The lowest BCUT2D eigenvalue weighted by Gasteiger charge is -2.16. The Kier molecular flexibility index (Phi) is 4.23. The quantitative estimate of drug-likeness (QED) is 0.762. The summed E-state index contributed by atoms with van der Waals surface area (Å²) in [6.45, 7) is 4.42. The number of benzene rings is 1. The third-order valence-electron chi connectivity index (χ3n) is 4.48. The summed E-state index contributed by atoms with van der Waals surface area (Å²) in [4.78, 5) is 4.43. The van der Waals surface area contributed by atoms with Crippen LogP contribution in [0.2, 0.25) is 0 Å². The number of hydrogen-bond donors (Lipinski definition) is 0. The van der Waals surface area contributed by atoms with E-state index in [0.29, 0.717) is 11.8 Å². The number of ether oxygens (including phenoxy) is 1. The number of aryl methyl sites for hydroxylation is 2. The lowest BCUT2D eigenvalue weighted by Crippen LogP contribution is -2.02. The maximum atomic E-state index is 5.90. The zero-order valence-electron chi connectivity index (χ0n) is 12.9. The SMILES string of the molecule is CCC(C)c1ccc(Oc2ccc3c(c2)CCCC3)nc1. The van der Waals surface area contributed by atoms with E-state index >= 15 is 0 Å². The first-order valence-electron chi connectivity index (χ1n) is 8.02. The van der Waals surface area contributed by atoms with Crippen LogP contribution in [0.4, 0.5) is 0 Å². The van der Waals surface area contributed by atoms with Gasteiger partial charge in [0.25, 0.3) is 0 Å². The Morgan fingerprint density at radius 1 is 1.10 bits per heavy atom. The molecule has 21 heavy (non-hydrogen) atoms. The molecule has 0 amide bonds. The zero-order valence-corrected chi connectivity index (χ0v) is 12.9. The van der Waals surface area contributed by atoms with Crippen LogP contribution in [0.3, 0.4) is 0 Å². The standard InChI is InChI=1S/C19H23NO/c1-3-14(2)17-9-11-19(20-13-17)21-18-10-8-15-6-4-5-7-16(15)12-18/h8-14H,3-7H2,1-2H3. The summed E-state index contributed by atoms with van der Waals surface area (Å²) in [7, 11) is 0. The third kappa shape index (κ3) is 3.26. The maximum absolute atomic E-state index is 5.90. The molecule has 1 atom stereocenters. The van der Waals surface area contributed by atoms with Crippen molar-refractivity contribution in [2.45, 2.75) is 51.9 Å². The normalized spacial score (nSPS) is 15.3. The predicted molar refractivity (Wildman–Crippen MR) is 86.1 cm³/mol. The molecule has 1 aliphatic carbocycles. The molecule has 0 saturated carbocycles. The summed E-state index contributed by atoms with van der Waals surface area (Å²) in [5, 5.41) is 0. The van der Waals surface area contributed by atoms with Crippen LogP contribution in [-0.2, 0) is 12.8 Å². The minimum Gasteiger partial charge on any atom is -0.439 e. The van der Waals surface area contributed by atoms with Gasteiger partial charge in [-0.2, -0.15) is 0 Å². The fourth-order valence-corrected chi connectivity index (χ4v) is 2.87. The van der Waals surface area contributed by atoms with E-state index in [0.717, 1.165) is 12.2 Å². The van der Waals surface area contributed by atoms with Gasteiger partial charge in [-0.3, -0.25) is 0 Å². The van der Waals surface area contributed by atoms with Crippen molar-refractivity contribution in [3.8, 4) is 11.6 Å². The third-order valence-corrected chi connectivity index (χ3v) is 4.48. The molecule has 1 unspecified atom stereocenters. The second kappa shape index (κ2) is 6.30. The summed E-state index contributed by atoms with van der Waals surface area (Å²) in [6, 6.07) is 10.5. The summed E-state index contributed by atoms with van der Waals surface area (Å²) >= 11 is 0. The molecule has 0 saturated heterocycles. The molecule has 0 aliphatic heterocycles. The van der Waals surface area contributed by atoms with Gasteiger partial charge in [0.1, 0.15) is 5.75 Å². The van der Waals surface area contributed by atoms with Crippen LogP contribution < -0.4 is 4.74 Å².